The number of thiophene rings is 1. The summed E-state index contributed by atoms with van der Waals surface area (Å²) >= 11 is 3.76. The molecule has 26 heavy (non-hydrogen) atoms. The van der Waals surface area contributed by atoms with Crippen LogP contribution in [0.3, 0.4) is 0 Å². The van der Waals surface area contributed by atoms with Crippen molar-refractivity contribution >= 4 is 51.7 Å². The van der Waals surface area contributed by atoms with Gasteiger partial charge in [0, 0.05) is 21.5 Å². The van der Waals surface area contributed by atoms with E-state index in [0.29, 0.717) is 18.7 Å². The van der Waals surface area contributed by atoms with E-state index >= 15 is 0 Å². The average Bonchev–Trinajstić information content (AvgIpc) is 3.12. The van der Waals surface area contributed by atoms with E-state index in [1.807, 2.05) is 23.6 Å². The van der Waals surface area contributed by atoms with Gasteiger partial charge < -0.3 is 15.0 Å². The fraction of sp³-hybridized carbons (Fsp3) is 0.278. The van der Waals surface area contributed by atoms with Crippen LogP contribution in [0.5, 0.6) is 0 Å². The van der Waals surface area contributed by atoms with Crippen LogP contribution in [0.25, 0.3) is 0 Å². The molecule has 1 N–H and O–H groups in total. The number of esters is 1. The average molecular weight is 484 g/mol. The van der Waals surface area contributed by atoms with Gasteiger partial charge in [0.05, 0.1) is 5.56 Å². The molecule has 0 atom stereocenters. The smallest absolute Gasteiger partial charge is 0.325 e. The number of hydrogen-bond acceptors (Lipinski definition) is 5. The Morgan fingerprint density at radius 2 is 2.04 bits per heavy atom. The van der Waals surface area contributed by atoms with E-state index in [4.69, 9.17) is 4.74 Å². The maximum Gasteiger partial charge on any atom is 0.325 e. The summed E-state index contributed by atoms with van der Waals surface area (Å²) in [5, 5.41) is 4.53. The molecule has 0 fully saturated rings. The zero-order valence-electron chi connectivity index (χ0n) is 13.9. The summed E-state index contributed by atoms with van der Waals surface area (Å²) in [6, 6.07) is 9.10. The van der Waals surface area contributed by atoms with E-state index in [-0.39, 0.29) is 25.0 Å². The summed E-state index contributed by atoms with van der Waals surface area (Å²) < 4.78 is 5.79. The molecule has 1 aliphatic rings. The summed E-state index contributed by atoms with van der Waals surface area (Å²) in [6.07, 6.45) is 0.832. The van der Waals surface area contributed by atoms with Crippen LogP contribution in [0.15, 0.2) is 35.7 Å². The molecule has 1 aromatic heterocycles. The quantitative estimate of drug-likeness (QED) is 0.522. The molecule has 2 aromatic rings. The van der Waals surface area contributed by atoms with Gasteiger partial charge in [0.1, 0.15) is 6.54 Å². The second-order valence-electron chi connectivity index (χ2n) is 5.76. The minimum Gasteiger partial charge on any atom is -0.454 e. The van der Waals surface area contributed by atoms with Gasteiger partial charge in [-0.3, -0.25) is 14.4 Å². The second-order valence-corrected chi connectivity index (χ2v) is 7.92. The predicted molar refractivity (Wildman–Crippen MR) is 106 cm³/mol. The van der Waals surface area contributed by atoms with Crippen LogP contribution in [-0.2, 0) is 27.3 Å². The highest BCUT2D eigenvalue weighted by Gasteiger charge is 2.22. The Morgan fingerprint density at radius 1 is 1.23 bits per heavy atom. The predicted octanol–water partition coefficient (Wildman–Crippen LogP) is 2.21. The Bertz CT molecular complexity index is 836. The number of rotatable bonds is 5. The molecule has 136 valence electrons. The number of halogens is 1. The first kappa shape index (κ1) is 18.8. The molecule has 2 heterocycles. The van der Waals surface area contributed by atoms with Crippen molar-refractivity contribution < 1.29 is 19.1 Å². The SMILES string of the molecule is O=C(CNC(=O)c1ccccc1I)OCC(=O)N1CCc2sccc2C1. The van der Waals surface area contributed by atoms with Crippen LogP contribution in [-0.4, -0.2) is 42.4 Å². The largest absolute Gasteiger partial charge is 0.454 e. The summed E-state index contributed by atoms with van der Waals surface area (Å²) in [6.45, 7) is 0.605. The molecule has 3 rings (SSSR count). The van der Waals surface area contributed by atoms with Crippen LogP contribution in [0.4, 0.5) is 0 Å². The van der Waals surface area contributed by atoms with E-state index < -0.39 is 5.97 Å². The summed E-state index contributed by atoms with van der Waals surface area (Å²) in [5.41, 5.74) is 1.66. The Hall–Kier alpha value is -1.94. The van der Waals surface area contributed by atoms with Gasteiger partial charge in [0.25, 0.3) is 11.8 Å². The second kappa shape index (κ2) is 8.63. The van der Waals surface area contributed by atoms with Crippen LogP contribution in [0.2, 0.25) is 0 Å². The summed E-state index contributed by atoms with van der Waals surface area (Å²) in [7, 11) is 0. The van der Waals surface area contributed by atoms with Gasteiger partial charge in [0.15, 0.2) is 6.61 Å². The fourth-order valence-corrected chi connectivity index (χ4v) is 4.16. The molecule has 0 saturated carbocycles. The van der Waals surface area contributed by atoms with Crippen LogP contribution >= 0.6 is 33.9 Å². The third kappa shape index (κ3) is 4.61. The lowest BCUT2D eigenvalue weighted by molar-refractivity contribution is -0.151. The number of fused-ring (bicyclic) bond motifs is 1. The molecule has 6 nitrogen and oxygen atoms in total. The lowest BCUT2D eigenvalue weighted by atomic mass is 10.1. The normalized spacial score (nSPS) is 13.0. The van der Waals surface area contributed by atoms with Gasteiger partial charge in [-0.25, -0.2) is 0 Å². The van der Waals surface area contributed by atoms with E-state index in [1.54, 1.807) is 28.4 Å². The third-order valence-corrected chi connectivity index (χ3v) is 5.99. The van der Waals surface area contributed by atoms with Crippen molar-refractivity contribution in [3.05, 3.63) is 55.3 Å². The van der Waals surface area contributed by atoms with E-state index in [2.05, 4.69) is 27.9 Å². The van der Waals surface area contributed by atoms with Gasteiger partial charge in [-0.15, -0.1) is 11.3 Å². The highest BCUT2D eigenvalue weighted by molar-refractivity contribution is 14.1. The molecule has 1 aliphatic heterocycles. The number of carbonyl (C=O) groups is 3. The van der Waals surface area contributed by atoms with Crippen molar-refractivity contribution in [1.29, 1.82) is 0 Å². The minimum absolute atomic E-state index is 0.223. The molecule has 0 saturated heterocycles. The highest BCUT2D eigenvalue weighted by Crippen LogP contribution is 2.23. The van der Waals surface area contributed by atoms with Crippen molar-refractivity contribution in [2.45, 2.75) is 13.0 Å². The number of hydrogen-bond donors (Lipinski definition) is 1. The standard InChI is InChI=1S/C18H17IN2O4S/c19-14-4-2-1-3-13(14)18(24)20-9-17(23)25-11-16(22)21-7-5-15-12(10-21)6-8-26-15/h1-4,6,8H,5,7,9-11H2,(H,20,24). The molecule has 0 spiro atoms. The van der Waals surface area contributed by atoms with Crippen molar-refractivity contribution in [1.82, 2.24) is 10.2 Å². The minimum atomic E-state index is -0.633. The molecular weight excluding hydrogens is 467 g/mol. The topological polar surface area (TPSA) is 75.7 Å². The Labute approximate surface area is 168 Å². The number of nitrogens with zero attached hydrogens (tertiary/aromatic N) is 1. The van der Waals surface area contributed by atoms with Gasteiger partial charge in [-0.2, -0.15) is 0 Å². The first-order valence-electron chi connectivity index (χ1n) is 8.06. The Balaban J connectivity index is 1.42. The summed E-state index contributed by atoms with van der Waals surface area (Å²) in [5.74, 6) is -1.20. The van der Waals surface area contributed by atoms with Crippen molar-refractivity contribution in [3.8, 4) is 0 Å². The highest BCUT2D eigenvalue weighted by atomic mass is 127. The molecule has 0 radical (unpaired) electrons. The number of amides is 2. The Morgan fingerprint density at radius 3 is 2.85 bits per heavy atom. The summed E-state index contributed by atoms with van der Waals surface area (Å²) in [4.78, 5) is 39.0. The van der Waals surface area contributed by atoms with Gasteiger partial charge in [0.2, 0.25) is 0 Å². The van der Waals surface area contributed by atoms with E-state index in [9.17, 15) is 14.4 Å². The first-order chi connectivity index (χ1) is 12.5. The Kier molecular flexibility index (Phi) is 6.25. The maximum atomic E-state index is 12.2. The third-order valence-electron chi connectivity index (χ3n) is 4.03. The van der Waals surface area contributed by atoms with Crippen LogP contribution in [0.1, 0.15) is 20.8 Å². The fourth-order valence-electron chi connectivity index (χ4n) is 2.64. The van der Waals surface area contributed by atoms with Gasteiger partial charge >= 0.3 is 5.97 Å². The monoisotopic (exact) mass is 484 g/mol. The van der Waals surface area contributed by atoms with Crippen LogP contribution < -0.4 is 5.32 Å². The van der Waals surface area contributed by atoms with Crippen LogP contribution in [0, 0.1) is 3.57 Å². The van der Waals surface area contributed by atoms with Gasteiger partial charge in [-0.1, -0.05) is 12.1 Å². The zero-order chi connectivity index (χ0) is 18.5. The molecule has 1 aromatic carbocycles. The maximum absolute atomic E-state index is 12.2. The molecule has 0 aliphatic carbocycles. The zero-order valence-corrected chi connectivity index (χ0v) is 16.8. The molecule has 8 heteroatoms. The first-order valence-corrected chi connectivity index (χ1v) is 10.0. The number of ether oxygens (including phenoxy) is 1. The molecule has 0 unspecified atom stereocenters. The lowest BCUT2D eigenvalue weighted by Gasteiger charge is -2.26. The van der Waals surface area contributed by atoms with Crippen molar-refractivity contribution in [2.24, 2.45) is 0 Å². The molecule has 2 amide bonds. The number of nitrogens with one attached hydrogen (secondary N) is 1. The lowest BCUT2D eigenvalue weighted by Crippen LogP contribution is -2.39. The number of benzene rings is 1. The van der Waals surface area contributed by atoms with E-state index in [0.717, 1.165) is 15.6 Å². The molecular formula is C18H17IN2O4S. The van der Waals surface area contributed by atoms with E-state index in [1.165, 1.54) is 4.88 Å². The van der Waals surface area contributed by atoms with Gasteiger partial charge in [-0.05, 0) is 58.2 Å². The number of carbonyl (C=O) groups excluding carboxylic acids is 3. The van der Waals surface area contributed by atoms with Crippen molar-refractivity contribution in [3.63, 3.8) is 0 Å². The van der Waals surface area contributed by atoms with Crippen molar-refractivity contribution in [2.75, 3.05) is 19.7 Å². The molecule has 0 bridgehead atoms.